The van der Waals surface area contributed by atoms with E-state index in [0.29, 0.717) is 22.5 Å². The third kappa shape index (κ3) is 4.52. The zero-order valence-corrected chi connectivity index (χ0v) is 19.5. The van der Waals surface area contributed by atoms with Crippen molar-refractivity contribution in [1.82, 2.24) is 25.1 Å². The van der Waals surface area contributed by atoms with Crippen molar-refractivity contribution in [2.75, 3.05) is 22.1 Å². The number of H-pyrrole nitrogens is 1. The molecule has 0 amide bonds. The number of nitrogens with zero attached hydrogens (tertiary/aromatic N) is 5. The number of halogens is 1. The Hall–Kier alpha value is -3.14. The first-order valence-corrected chi connectivity index (χ1v) is 11.8. The van der Waals surface area contributed by atoms with Crippen LogP contribution < -0.4 is 15.5 Å². The summed E-state index contributed by atoms with van der Waals surface area (Å²) < 4.78 is 13.1. The van der Waals surface area contributed by atoms with Gasteiger partial charge in [0.25, 0.3) is 0 Å². The lowest BCUT2D eigenvalue weighted by Crippen LogP contribution is -2.39. The van der Waals surface area contributed by atoms with E-state index in [1.54, 1.807) is 6.07 Å². The maximum absolute atomic E-state index is 13.1. The molecule has 0 saturated carbocycles. The summed E-state index contributed by atoms with van der Waals surface area (Å²) in [6.45, 7) is 5.08. The van der Waals surface area contributed by atoms with E-state index in [4.69, 9.17) is 22.2 Å². The molecule has 3 N–H and O–H groups in total. The van der Waals surface area contributed by atoms with Crippen LogP contribution in [0.15, 0.2) is 24.4 Å². The summed E-state index contributed by atoms with van der Waals surface area (Å²) in [6.07, 6.45) is 6.32. The van der Waals surface area contributed by atoms with Crippen LogP contribution in [-0.4, -0.2) is 42.7 Å². The molecular weight excluding hydrogens is 439 g/mol. The molecule has 0 radical (unpaired) electrons. The molecule has 4 heterocycles. The average Bonchev–Trinajstić information content (AvgIpc) is 3.55. The van der Waals surface area contributed by atoms with E-state index < -0.39 is 5.95 Å². The molecule has 1 fully saturated rings. The van der Waals surface area contributed by atoms with Crippen molar-refractivity contribution >= 4 is 40.5 Å². The van der Waals surface area contributed by atoms with Crippen molar-refractivity contribution in [2.45, 2.75) is 57.9 Å². The first-order chi connectivity index (χ1) is 16.0. The van der Waals surface area contributed by atoms with Gasteiger partial charge in [-0.2, -0.15) is 14.5 Å². The number of pyridine rings is 1. The predicted molar refractivity (Wildman–Crippen MR) is 131 cm³/mol. The van der Waals surface area contributed by atoms with Crippen LogP contribution in [0.5, 0.6) is 0 Å². The van der Waals surface area contributed by atoms with Gasteiger partial charge in [0, 0.05) is 23.9 Å². The van der Waals surface area contributed by atoms with E-state index >= 15 is 0 Å². The molecule has 1 unspecified atom stereocenters. The van der Waals surface area contributed by atoms with Gasteiger partial charge in [-0.15, -0.1) is 0 Å². The van der Waals surface area contributed by atoms with Crippen LogP contribution in [0.25, 0.3) is 0 Å². The second-order valence-electron chi connectivity index (χ2n) is 8.85. The standard InChI is InChI=1S/C23H27FN8S/c1-13(2)17-11-20(31-30-17)28-21-15-5-3-6-16(15)27-23(29-21)32-10-4-7-18(32)22(33)26-14-8-9-19(24)25-12-14/h8-9,11-13,18H,3-7,10H2,1-2H3,(H,26,33)(H2,27,28,29,30,31). The smallest absolute Gasteiger partial charge is 0.228 e. The second-order valence-corrected chi connectivity index (χ2v) is 9.29. The minimum absolute atomic E-state index is 0.0321. The highest BCUT2D eigenvalue weighted by atomic mass is 32.1. The van der Waals surface area contributed by atoms with Crippen LogP contribution in [0.1, 0.15) is 56.0 Å². The molecule has 1 atom stereocenters. The van der Waals surface area contributed by atoms with Gasteiger partial charge in [-0.25, -0.2) is 9.97 Å². The lowest BCUT2D eigenvalue weighted by molar-refractivity contribution is 0.584. The highest BCUT2D eigenvalue weighted by molar-refractivity contribution is 7.80. The summed E-state index contributed by atoms with van der Waals surface area (Å²) >= 11 is 5.71. The fourth-order valence-corrected chi connectivity index (χ4v) is 4.79. The summed E-state index contributed by atoms with van der Waals surface area (Å²) in [6, 6.07) is 4.95. The number of fused-ring (bicyclic) bond motifs is 1. The second kappa shape index (κ2) is 9.01. The highest BCUT2D eigenvalue weighted by Gasteiger charge is 2.32. The summed E-state index contributed by atoms with van der Waals surface area (Å²) in [5, 5.41) is 14.1. The molecule has 5 rings (SSSR count). The number of anilines is 4. The fourth-order valence-electron chi connectivity index (χ4n) is 4.42. The average molecular weight is 467 g/mol. The molecule has 0 bridgehead atoms. The topological polar surface area (TPSA) is 94.7 Å². The minimum atomic E-state index is -0.516. The molecule has 3 aromatic heterocycles. The summed E-state index contributed by atoms with van der Waals surface area (Å²) in [5.74, 6) is 2.12. The Bertz CT molecular complexity index is 1160. The van der Waals surface area contributed by atoms with E-state index in [0.717, 1.165) is 61.7 Å². The zero-order chi connectivity index (χ0) is 22.9. The van der Waals surface area contributed by atoms with E-state index in [1.807, 2.05) is 6.07 Å². The predicted octanol–water partition coefficient (Wildman–Crippen LogP) is 4.50. The van der Waals surface area contributed by atoms with E-state index in [1.165, 1.54) is 17.8 Å². The number of aromatic nitrogens is 5. The molecule has 33 heavy (non-hydrogen) atoms. The van der Waals surface area contributed by atoms with Gasteiger partial charge in [0.05, 0.1) is 23.6 Å². The van der Waals surface area contributed by atoms with Gasteiger partial charge >= 0.3 is 0 Å². The maximum atomic E-state index is 13.1. The van der Waals surface area contributed by atoms with Crippen molar-refractivity contribution in [3.63, 3.8) is 0 Å². The van der Waals surface area contributed by atoms with Crippen LogP contribution in [0, 0.1) is 5.95 Å². The van der Waals surface area contributed by atoms with E-state index in [9.17, 15) is 4.39 Å². The lowest BCUT2D eigenvalue weighted by Gasteiger charge is -2.27. The van der Waals surface area contributed by atoms with Crippen LogP contribution in [-0.2, 0) is 12.8 Å². The number of aromatic amines is 1. The number of rotatable bonds is 6. The number of hydrogen-bond acceptors (Lipinski definition) is 7. The molecule has 3 aromatic rings. The third-order valence-corrected chi connectivity index (χ3v) is 6.57. The normalized spacial score (nSPS) is 17.5. The summed E-state index contributed by atoms with van der Waals surface area (Å²) in [5.41, 5.74) is 4.01. The van der Waals surface area contributed by atoms with Gasteiger partial charge in [-0.05, 0) is 50.2 Å². The van der Waals surface area contributed by atoms with Crippen LogP contribution in [0.4, 0.5) is 27.7 Å². The van der Waals surface area contributed by atoms with Gasteiger partial charge in [0.15, 0.2) is 5.82 Å². The Kier molecular flexibility index (Phi) is 5.92. The first-order valence-electron chi connectivity index (χ1n) is 11.4. The maximum Gasteiger partial charge on any atom is 0.228 e. The summed E-state index contributed by atoms with van der Waals surface area (Å²) in [7, 11) is 0. The number of aryl methyl sites for hydroxylation is 1. The Labute approximate surface area is 197 Å². The van der Waals surface area contributed by atoms with Crippen molar-refractivity contribution in [1.29, 1.82) is 0 Å². The molecular formula is C23H27FN8S. The van der Waals surface area contributed by atoms with Crippen LogP contribution in [0.3, 0.4) is 0 Å². The molecule has 1 aliphatic carbocycles. The highest BCUT2D eigenvalue weighted by Crippen LogP contribution is 2.33. The molecule has 10 heteroatoms. The van der Waals surface area contributed by atoms with Gasteiger partial charge in [0.2, 0.25) is 11.9 Å². The van der Waals surface area contributed by atoms with Crippen LogP contribution >= 0.6 is 12.2 Å². The number of thiocarbonyl (C=S) groups is 1. The SMILES string of the molecule is CC(C)c1cc(Nc2nc(N3CCCC3C(=S)Nc3ccc(F)nc3)nc3c2CCC3)n[nH]1. The number of hydrogen-bond donors (Lipinski definition) is 3. The van der Waals surface area contributed by atoms with E-state index in [-0.39, 0.29) is 6.04 Å². The Morgan fingerprint density at radius 2 is 2.12 bits per heavy atom. The molecule has 0 spiro atoms. The van der Waals surface area contributed by atoms with Crippen molar-refractivity contribution in [2.24, 2.45) is 0 Å². The third-order valence-electron chi connectivity index (χ3n) is 6.19. The van der Waals surface area contributed by atoms with Gasteiger partial charge in [-0.1, -0.05) is 26.1 Å². The first kappa shape index (κ1) is 21.7. The number of nitrogens with one attached hydrogen (secondary N) is 3. The zero-order valence-electron chi connectivity index (χ0n) is 18.7. The Balaban J connectivity index is 1.40. The van der Waals surface area contributed by atoms with Crippen molar-refractivity contribution in [3.05, 3.63) is 47.3 Å². The molecule has 8 nitrogen and oxygen atoms in total. The molecule has 172 valence electrons. The van der Waals surface area contributed by atoms with Crippen molar-refractivity contribution < 1.29 is 4.39 Å². The quantitative estimate of drug-likeness (QED) is 0.361. The summed E-state index contributed by atoms with van der Waals surface area (Å²) in [4.78, 5) is 16.4. The van der Waals surface area contributed by atoms with Gasteiger partial charge < -0.3 is 15.5 Å². The lowest BCUT2D eigenvalue weighted by atomic mass is 10.1. The molecule has 1 saturated heterocycles. The van der Waals surface area contributed by atoms with Crippen LogP contribution in [0.2, 0.25) is 0 Å². The largest absolute Gasteiger partial charge is 0.347 e. The Morgan fingerprint density at radius 3 is 2.88 bits per heavy atom. The van der Waals surface area contributed by atoms with Gasteiger partial charge in [-0.3, -0.25) is 5.10 Å². The molecule has 0 aromatic carbocycles. The molecule has 1 aliphatic heterocycles. The fraction of sp³-hybridized carbons (Fsp3) is 0.435. The van der Waals surface area contributed by atoms with Gasteiger partial charge in [0.1, 0.15) is 10.8 Å². The van der Waals surface area contributed by atoms with Crippen molar-refractivity contribution in [3.8, 4) is 0 Å². The monoisotopic (exact) mass is 466 g/mol. The Morgan fingerprint density at radius 1 is 1.24 bits per heavy atom. The molecule has 2 aliphatic rings. The van der Waals surface area contributed by atoms with E-state index in [2.05, 4.69) is 44.6 Å². The minimum Gasteiger partial charge on any atom is -0.347 e.